The Labute approximate surface area is 112 Å². The number of hydrogen-bond acceptors (Lipinski definition) is 3. The van der Waals surface area contributed by atoms with Gasteiger partial charge < -0.3 is 16.2 Å². The summed E-state index contributed by atoms with van der Waals surface area (Å²) >= 11 is 0. The van der Waals surface area contributed by atoms with Crippen LogP contribution in [-0.2, 0) is 4.79 Å². The highest BCUT2D eigenvalue weighted by Crippen LogP contribution is 2.20. The average molecular weight is 264 g/mol. The largest absolute Gasteiger partial charge is 0.481 e. The third-order valence-corrected chi connectivity index (χ3v) is 3.47. The first-order chi connectivity index (χ1) is 8.80. The summed E-state index contributed by atoms with van der Waals surface area (Å²) in [7, 11) is 0. The molecular weight excluding hydrogens is 244 g/mol. The van der Waals surface area contributed by atoms with Crippen LogP contribution in [0, 0.1) is 12.3 Å². The van der Waals surface area contributed by atoms with E-state index in [2.05, 4.69) is 5.32 Å². The summed E-state index contributed by atoms with van der Waals surface area (Å²) in [6, 6.07) is 4.98. The third-order valence-electron chi connectivity index (χ3n) is 3.47. The van der Waals surface area contributed by atoms with Crippen molar-refractivity contribution in [2.45, 2.75) is 27.2 Å². The SMILES string of the molecule is CCC(C)(CNC(=O)c1ccc(N)c(C)c1)C(=O)O. The highest BCUT2D eigenvalue weighted by atomic mass is 16.4. The van der Waals surface area contributed by atoms with Gasteiger partial charge in [0.2, 0.25) is 0 Å². The molecule has 0 aliphatic carbocycles. The molecule has 1 aromatic carbocycles. The van der Waals surface area contributed by atoms with Gasteiger partial charge in [-0.25, -0.2) is 0 Å². The fourth-order valence-corrected chi connectivity index (χ4v) is 1.55. The fourth-order valence-electron chi connectivity index (χ4n) is 1.55. The molecule has 1 aromatic rings. The Morgan fingerprint density at radius 2 is 2.05 bits per heavy atom. The van der Waals surface area contributed by atoms with Gasteiger partial charge in [-0.1, -0.05) is 6.92 Å². The van der Waals surface area contributed by atoms with Gasteiger partial charge in [0, 0.05) is 17.8 Å². The van der Waals surface area contributed by atoms with Crippen molar-refractivity contribution < 1.29 is 14.7 Å². The Bertz CT molecular complexity index is 499. The molecule has 19 heavy (non-hydrogen) atoms. The number of aliphatic carboxylic acids is 1. The number of amides is 1. The molecular formula is C14H20N2O3. The van der Waals surface area contributed by atoms with Crippen LogP contribution in [0.5, 0.6) is 0 Å². The molecule has 0 aliphatic heterocycles. The van der Waals surface area contributed by atoms with E-state index in [1.165, 1.54) is 0 Å². The molecule has 104 valence electrons. The maximum absolute atomic E-state index is 11.9. The van der Waals surface area contributed by atoms with Crippen molar-refractivity contribution in [3.05, 3.63) is 29.3 Å². The summed E-state index contributed by atoms with van der Waals surface area (Å²) < 4.78 is 0. The summed E-state index contributed by atoms with van der Waals surface area (Å²) in [5, 5.41) is 11.8. The summed E-state index contributed by atoms with van der Waals surface area (Å²) in [6.07, 6.45) is 0.448. The smallest absolute Gasteiger partial charge is 0.311 e. The standard InChI is InChI=1S/C14H20N2O3/c1-4-14(3,13(18)19)8-16-12(17)10-5-6-11(15)9(2)7-10/h5-7H,4,8,15H2,1-3H3,(H,16,17)(H,18,19). The maximum Gasteiger partial charge on any atom is 0.311 e. The molecule has 0 saturated heterocycles. The minimum Gasteiger partial charge on any atom is -0.481 e. The lowest BCUT2D eigenvalue weighted by Gasteiger charge is -2.23. The Morgan fingerprint density at radius 1 is 1.42 bits per heavy atom. The van der Waals surface area contributed by atoms with Gasteiger partial charge in [-0.15, -0.1) is 0 Å². The first-order valence-corrected chi connectivity index (χ1v) is 6.18. The number of nitrogen functional groups attached to an aromatic ring is 1. The van der Waals surface area contributed by atoms with Crippen molar-refractivity contribution in [2.24, 2.45) is 5.41 Å². The van der Waals surface area contributed by atoms with E-state index in [-0.39, 0.29) is 12.5 Å². The van der Waals surface area contributed by atoms with Gasteiger partial charge in [0.25, 0.3) is 5.91 Å². The van der Waals surface area contributed by atoms with Gasteiger partial charge >= 0.3 is 5.97 Å². The molecule has 0 aliphatic rings. The van der Waals surface area contributed by atoms with E-state index in [4.69, 9.17) is 10.8 Å². The molecule has 0 heterocycles. The Morgan fingerprint density at radius 3 is 2.53 bits per heavy atom. The van der Waals surface area contributed by atoms with Gasteiger partial charge in [-0.3, -0.25) is 9.59 Å². The normalized spacial score (nSPS) is 13.6. The van der Waals surface area contributed by atoms with Gasteiger partial charge in [-0.2, -0.15) is 0 Å². The zero-order valence-electron chi connectivity index (χ0n) is 11.5. The monoisotopic (exact) mass is 264 g/mol. The number of nitrogens with two attached hydrogens (primary N) is 1. The Balaban J connectivity index is 2.75. The molecule has 4 N–H and O–H groups in total. The van der Waals surface area contributed by atoms with Crippen molar-refractivity contribution >= 4 is 17.6 Å². The molecule has 0 aromatic heterocycles. The average Bonchev–Trinajstić information content (AvgIpc) is 2.38. The fraction of sp³-hybridized carbons (Fsp3) is 0.429. The zero-order chi connectivity index (χ0) is 14.6. The second kappa shape index (κ2) is 5.73. The zero-order valence-corrected chi connectivity index (χ0v) is 11.5. The molecule has 1 rings (SSSR count). The molecule has 5 heteroatoms. The van der Waals surface area contributed by atoms with Gasteiger partial charge in [-0.05, 0) is 44.0 Å². The predicted molar refractivity (Wildman–Crippen MR) is 74.0 cm³/mol. The van der Waals surface area contributed by atoms with Crippen molar-refractivity contribution in [2.75, 3.05) is 12.3 Å². The highest BCUT2D eigenvalue weighted by molar-refractivity contribution is 5.95. The molecule has 1 atom stereocenters. The van der Waals surface area contributed by atoms with Crippen molar-refractivity contribution in [3.8, 4) is 0 Å². The number of carbonyl (C=O) groups is 2. The Hall–Kier alpha value is -2.04. The number of nitrogens with one attached hydrogen (secondary N) is 1. The summed E-state index contributed by atoms with van der Waals surface area (Å²) in [6.45, 7) is 5.32. The second-order valence-corrected chi connectivity index (χ2v) is 4.97. The molecule has 0 radical (unpaired) electrons. The predicted octanol–water partition coefficient (Wildman–Crippen LogP) is 1.81. The van der Waals surface area contributed by atoms with E-state index in [0.29, 0.717) is 17.7 Å². The van der Waals surface area contributed by atoms with Crippen LogP contribution >= 0.6 is 0 Å². The quantitative estimate of drug-likeness (QED) is 0.707. The van der Waals surface area contributed by atoms with Crippen LogP contribution in [0.15, 0.2) is 18.2 Å². The van der Waals surface area contributed by atoms with Crippen LogP contribution in [0.4, 0.5) is 5.69 Å². The van der Waals surface area contributed by atoms with Crippen molar-refractivity contribution in [1.29, 1.82) is 0 Å². The third kappa shape index (κ3) is 3.47. The number of anilines is 1. The molecule has 0 bridgehead atoms. The van der Waals surface area contributed by atoms with Crippen LogP contribution in [0.3, 0.4) is 0 Å². The van der Waals surface area contributed by atoms with Crippen LogP contribution in [0.1, 0.15) is 36.2 Å². The lowest BCUT2D eigenvalue weighted by Crippen LogP contribution is -2.40. The summed E-state index contributed by atoms with van der Waals surface area (Å²) in [4.78, 5) is 23.1. The number of carboxylic acids is 1. The minimum atomic E-state index is -0.946. The summed E-state index contributed by atoms with van der Waals surface area (Å²) in [5.74, 6) is -1.20. The number of hydrogen-bond donors (Lipinski definition) is 3. The molecule has 0 fully saturated rings. The van der Waals surface area contributed by atoms with Gasteiger partial charge in [0.15, 0.2) is 0 Å². The van der Waals surface area contributed by atoms with E-state index in [9.17, 15) is 9.59 Å². The van der Waals surface area contributed by atoms with Crippen LogP contribution in [0.25, 0.3) is 0 Å². The first-order valence-electron chi connectivity index (χ1n) is 6.18. The summed E-state index contributed by atoms with van der Waals surface area (Å²) in [5.41, 5.74) is 6.67. The van der Waals surface area contributed by atoms with Crippen molar-refractivity contribution in [3.63, 3.8) is 0 Å². The number of benzene rings is 1. The lowest BCUT2D eigenvalue weighted by atomic mass is 9.87. The van der Waals surface area contributed by atoms with Crippen LogP contribution in [-0.4, -0.2) is 23.5 Å². The van der Waals surface area contributed by atoms with Crippen molar-refractivity contribution in [1.82, 2.24) is 5.32 Å². The topological polar surface area (TPSA) is 92.4 Å². The van der Waals surface area contributed by atoms with Crippen LogP contribution in [0.2, 0.25) is 0 Å². The number of carbonyl (C=O) groups excluding carboxylic acids is 1. The molecule has 1 unspecified atom stereocenters. The molecule has 5 nitrogen and oxygen atoms in total. The maximum atomic E-state index is 11.9. The molecule has 1 amide bonds. The Kier molecular flexibility index (Phi) is 4.53. The van der Waals surface area contributed by atoms with Gasteiger partial charge in [0.1, 0.15) is 0 Å². The molecule has 0 saturated carbocycles. The molecule has 0 spiro atoms. The minimum absolute atomic E-state index is 0.0983. The number of rotatable bonds is 5. The van der Waals surface area contributed by atoms with E-state index in [1.807, 2.05) is 6.92 Å². The lowest BCUT2D eigenvalue weighted by molar-refractivity contribution is -0.147. The van der Waals surface area contributed by atoms with E-state index in [1.54, 1.807) is 32.0 Å². The number of aryl methyl sites for hydroxylation is 1. The highest BCUT2D eigenvalue weighted by Gasteiger charge is 2.31. The second-order valence-electron chi connectivity index (χ2n) is 4.97. The van der Waals surface area contributed by atoms with E-state index >= 15 is 0 Å². The van der Waals surface area contributed by atoms with E-state index in [0.717, 1.165) is 5.56 Å². The van der Waals surface area contributed by atoms with E-state index < -0.39 is 11.4 Å². The van der Waals surface area contributed by atoms with Crippen LogP contribution < -0.4 is 11.1 Å². The number of carboxylic acid groups (broad SMARTS) is 1. The van der Waals surface area contributed by atoms with Gasteiger partial charge in [0.05, 0.1) is 5.41 Å². The first kappa shape index (κ1) is 15.0.